The van der Waals surface area contributed by atoms with E-state index < -0.39 is 4.92 Å². The summed E-state index contributed by atoms with van der Waals surface area (Å²) in [6.45, 7) is 2.96. The van der Waals surface area contributed by atoms with Crippen LogP contribution in [-0.4, -0.2) is 23.9 Å². The first-order chi connectivity index (χ1) is 12.5. The third-order valence-electron chi connectivity index (χ3n) is 4.02. The van der Waals surface area contributed by atoms with Gasteiger partial charge in [0, 0.05) is 41.9 Å². The number of hydrogen-bond acceptors (Lipinski definition) is 5. The lowest BCUT2D eigenvalue weighted by Gasteiger charge is -2.07. The summed E-state index contributed by atoms with van der Waals surface area (Å²) < 4.78 is 5.50. The van der Waals surface area contributed by atoms with Gasteiger partial charge >= 0.3 is 0 Å². The molecule has 1 heterocycles. The highest BCUT2D eigenvalue weighted by molar-refractivity contribution is 5.87. The summed E-state index contributed by atoms with van der Waals surface area (Å²) >= 11 is 0. The Balaban J connectivity index is 1.46. The highest BCUT2D eigenvalue weighted by Gasteiger charge is 2.10. The molecule has 0 aliphatic carbocycles. The number of aryl methyl sites for hydroxylation is 1. The number of rotatable bonds is 7. The Morgan fingerprint density at radius 2 is 1.92 bits per heavy atom. The summed E-state index contributed by atoms with van der Waals surface area (Å²) in [4.78, 5) is 22.3. The van der Waals surface area contributed by atoms with Crippen LogP contribution in [0.4, 0.5) is 11.4 Å². The standard InChI is InChI=1S/C19H19N3O4/c1-13-2-7-17-14(12-26-18(17)10-13)11-19(23)21-9-8-20-15-3-5-16(6-4-15)22(24)25/h2-7,10,12,20H,8-9,11H2,1H3,(H,21,23). The van der Waals surface area contributed by atoms with Gasteiger partial charge in [0.05, 0.1) is 17.6 Å². The van der Waals surface area contributed by atoms with Crippen molar-refractivity contribution >= 4 is 28.3 Å². The first-order valence-corrected chi connectivity index (χ1v) is 8.24. The molecular formula is C19H19N3O4. The Kier molecular flexibility index (Phi) is 5.17. The van der Waals surface area contributed by atoms with Crippen LogP contribution < -0.4 is 10.6 Å². The van der Waals surface area contributed by atoms with E-state index in [0.717, 1.165) is 27.8 Å². The Morgan fingerprint density at radius 1 is 1.15 bits per heavy atom. The lowest BCUT2D eigenvalue weighted by molar-refractivity contribution is -0.384. The minimum atomic E-state index is -0.440. The first kappa shape index (κ1) is 17.5. The second-order valence-corrected chi connectivity index (χ2v) is 6.02. The first-order valence-electron chi connectivity index (χ1n) is 8.24. The number of benzene rings is 2. The lowest BCUT2D eigenvalue weighted by atomic mass is 10.1. The van der Waals surface area contributed by atoms with Gasteiger partial charge in [-0.2, -0.15) is 0 Å². The van der Waals surface area contributed by atoms with Gasteiger partial charge < -0.3 is 15.1 Å². The van der Waals surface area contributed by atoms with Gasteiger partial charge in [-0.3, -0.25) is 14.9 Å². The van der Waals surface area contributed by atoms with Gasteiger partial charge in [-0.15, -0.1) is 0 Å². The maximum Gasteiger partial charge on any atom is 0.269 e. The van der Waals surface area contributed by atoms with Crippen LogP contribution in [0.25, 0.3) is 11.0 Å². The molecule has 7 nitrogen and oxygen atoms in total. The number of hydrogen-bond donors (Lipinski definition) is 2. The zero-order chi connectivity index (χ0) is 18.5. The molecule has 0 unspecified atom stereocenters. The molecule has 0 saturated heterocycles. The molecule has 1 amide bonds. The molecule has 3 rings (SSSR count). The number of nitrogens with one attached hydrogen (secondary N) is 2. The summed E-state index contributed by atoms with van der Waals surface area (Å²) in [5, 5.41) is 17.5. The van der Waals surface area contributed by atoms with Crippen molar-refractivity contribution in [2.24, 2.45) is 0 Å². The van der Waals surface area contributed by atoms with E-state index in [-0.39, 0.29) is 18.0 Å². The number of nitro benzene ring substituents is 1. The molecule has 26 heavy (non-hydrogen) atoms. The fraction of sp³-hybridized carbons (Fsp3) is 0.211. The summed E-state index contributed by atoms with van der Waals surface area (Å²) in [6.07, 6.45) is 1.88. The van der Waals surface area contributed by atoms with Crippen molar-refractivity contribution < 1.29 is 14.1 Å². The van der Waals surface area contributed by atoms with Crippen LogP contribution in [0.1, 0.15) is 11.1 Å². The molecule has 134 valence electrons. The van der Waals surface area contributed by atoms with Crippen LogP contribution >= 0.6 is 0 Å². The van der Waals surface area contributed by atoms with E-state index >= 15 is 0 Å². The predicted molar refractivity (Wildman–Crippen MR) is 99.3 cm³/mol. The Morgan fingerprint density at radius 3 is 2.65 bits per heavy atom. The minimum Gasteiger partial charge on any atom is -0.464 e. The largest absolute Gasteiger partial charge is 0.464 e. The van der Waals surface area contributed by atoms with Crippen molar-refractivity contribution in [3.05, 3.63) is 70.0 Å². The molecule has 0 bridgehead atoms. The topological polar surface area (TPSA) is 97.4 Å². The number of anilines is 1. The smallest absolute Gasteiger partial charge is 0.269 e. The Labute approximate surface area is 150 Å². The fourth-order valence-electron chi connectivity index (χ4n) is 2.67. The molecular weight excluding hydrogens is 334 g/mol. The number of carbonyl (C=O) groups is 1. The quantitative estimate of drug-likeness (QED) is 0.385. The molecule has 0 fully saturated rings. The molecule has 0 atom stereocenters. The second kappa shape index (κ2) is 7.69. The van der Waals surface area contributed by atoms with Gasteiger partial charge in [0.15, 0.2) is 0 Å². The van der Waals surface area contributed by atoms with Crippen LogP contribution in [0.5, 0.6) is 0 Å². The maximum atomic E-state index is 12.1. The van der Waals surface area contributed by atoms with E-state index in [9.17, 15) is 14.9 Å². The van der Waals surface area contributed by atoms with Gasteiger partial charge in [-0.05, 0) is 30.7 Å². The van der Waals surface area contributed by atoms with E-state index in [0.29, 0.717) is 13.1 Å². The van der Waals surface area contributed by atoms with E-state index in [1.807, 2.05) is 25.1 Å². The highest BCUT2D eigenvalue weighted by Crippen LogP contribution is 2.22. The average Bonchev–Trinajstić information content (AvgIpc) is 3.01. The predicted octanol–water partition coefficient (Wildman–Crippen LogP) is 3.42. The fourth-order valence-corrected chi connectivity index (χ4v) is 2.67. The summed E-state index contributed by atoms with van der Waals surface area (Å²) in [7, 11) is 0. The van der Waals surface area contributed by atoms with Crippen molar-refractivity contribution in [3.8, 4) is 0 Å². The van der Waals surface area contributed by atoms with Crippen molar-refractivity contribution in [3.63, 3.8) is 0 Å². The van der Waals surface area contributed by atoms with Gasteiger partial charge in [0.1, 0.15) is 5.58 Å². The van der Waals surface area contributed by atoms with Crippen molar-refractivity contribution in [2.45, 2.75) is 13.3 Å². The third-order valence-corrected chi connectivity index (χ3v) is 4.02. The molecule has 3 aromatic rings. The lowest BCUT2D eigenvalue weighted by Crippen LogP contribution is -2.29. The monoisotopic (exact) mass is 353 g/mol. The van der Waals surface area contributed by atoms with Gasteiger partial charge in [0.25, 0.3) is 5.69 Å². The molecule has 1 aromatic heterocycles. The van der Waals surface area contributed by atoms with Gasteiger partial charge in [0.2, 0.25) is 5.91 Å². The molecule has 0 saturated carbocycles. The molecule has 7 heteroatoms. The van der Waals surface area contributed by atoms with Gasteiger partial charge in [-0.25, -0.2) is 0 Å². The zero-order valence-corrected chi connectivity index (χ0v) is 14.3. The molecule has 0 spiro atoms. The van der Waals surface area contributed by atoms with E-state index in [2.05, 4.69) is 10.6 Å². The Bertz CT molecular complexity index is 932. The number of carbonyl (C=O) groups excluding carboxylic acids is 1. The number of amides is 1. The Hall–Kier alpha value is -3.35. The molecule has 0 radical (unpaired) electrons. The number of furan rings is 1. The molecule has 0 aliphatic rings. The van der Waals surface area contributed by atoms with Crippen molar-refractivity contribution in [1.29, 1.82) is 0 Å². The number of fused-ring (bicyclic) bond motifs is 1. The molecule has 2 N–H and O–H groups in total. The van der Waals surface area contributed by atoms with E-state index in [1.54, 1.807) is 18.4 Å². The van der Waals surface area contributed by atoms with Crippen LogP contribution in [-0.2, 0) is 11.2 Å². The third kappa shape index (κ3) is 4.18. The van der Waals surface area contributed by atoms with Crippen molar-refractivity contribution in [1.82, 2.24) is 5.32 Å². The van der Waals surface area contributed by atoms with Crippen LogP contribution in [0.2, 0.25) is 0 Å². The summed E-state index contributed by atoms with van der Waals surface area (Å²) in [6, 6.07) is 12.1. The summed E-state index contributed by atoms with van der Waals surface area (Å²) in [5.41, 5.74) is 3.57. The normalized spacial score (nSPS) is 10.7. The minimum absolute atomic E-state index is 0.0476. The van der Waals surface area contributed by atoms with Crippen LogP contribution in [0.3, 0.4) is 0 Å². The highest BCUT2D eigenvalue weighted by atomic mass is 16.6. The van der Waals surface area contributed by atoms with Gasteiger partial charge in [-0.1, -0.05) is 12.1 Å². The van der Waals surface area contributed by atoms with Crippen molar-refractivity contribution in [2.75, 3.05) is 18.4 Å². The molecule has 0 aliphatic heterocycles. The van der Waals surface area contributed by atoms with Crippen LogP contribution in [0, 0.1) is 17.0 Å². The molecule has 2 aromatic carbocycles. The number of nitro groups is 1. The SMILES string of the molecule is Cc1ccc2c(CC(=O)NCCNc3ccc([N+](=O)[O-])cc3)coc2c1. The van der Waals surface area contributed by atoms with E-state index in [1.165, 1.54) is 12.1 Å². The summed E-state index contributed by atoms with van der Waals surface area (Å²) in [5.74, 6) is -0.0845. The zero-order valence-electron chi connectivity index (χ0n) is 14.3. The number of nitrogens with zero attached hydrogens (tertiary/aromatic N) is 1. The number of non-ortho nitro benzene ring substituents is 1. The maximum absolute atomic E-state index is 12.1. The second-order valence-electron chi connectivity index (χ2n) is 6.02. The van der Waals surface area contributed by atoms with Crippen LogP contribution in [0.15, 0.2) is 53.1 Å². The van der Waals surface area contributed by atoms with E-state index in [4.69, 9.17) is 4.42 Å². The average molecular weight is 353 g/mol.